The van der Waals surface area contributed by atoms with Gasteiger partial charge in [0.25, 0.3) is 11.8 Å². The second-order valence-corrected chi connectivity index (χ2v) is 8.31. The van der Waals surface area contributed by atoms with Crippen molar-refractivity contribution >= 4 is 23.7 Å². The largest absolute Gasteiger partial charge is 0.504 e. The lowest BCUT2D eigenvalue weighted by molar-refractivity contribution is -0.135. The summed E-state index contributed by atoms with van der Waals surface area (Å²) in [6.07, 6.45) is 1.26. The van der Waals surface area contributed by atoms with Crippen LogP contribution >= 0.6 is 0 Å². The normalized spacial score (nSPS) is 13.1. The number of halogens is 2. The number of aromatic nitrogens is 1. The summed E-state index contributed by atoms with van der Waals surface area (Å²) in [5.74, 6) is 0.145. The molecule has 11 nitrogen and oxygen atoms in total. The van der Waals surface area contributed by atoms with Gasteiger partial charge in [-0.1, -0.05) is 12.1 Å². The first-order chi connectivity index (χ1) is 18.2. The van der Waals surface area contributed by atoms with Crippen molar-refractivity contribution in [1.82, 2.24) is 9.88 Å². The van der Waals surface area contributed by atoms with Gasteiger partial charge in [-0.3, -0.25) is 9.79 Å². The van der Waals surface area contributed by atoms with Crippen LogP contribution in [0.4, 0.5) is 14.5 Å². The molecule has 0 unspecified atom stereocenters. The Kier molecular flexibility index (Phi) is 7.55. The predicted molar refractivity (Wildman–Crippen MR) is 136 cm³/mol. The molecule has 4 N–H and O–H groups in total. The highest BCUT2D eigenvalue weighted by Gasteiger charge is 2.28. The van der Waals surface area contributed by atoms with Crippen LogP contribution in [0.3, 0.4) is 0 Å². The first-order valence-electron chi connectivity index (χ1n) is 11.3. The molecule has 13 heteroatoms. The van der Waals surface area contributed by atoms with Crippen LogP contribution in [0, 0.1) is 11.6 Å². The zero-order chi connectivity index (χ0) is 27.4. The second kappa shape index (κ2) is 11.0. The Hall–Kier alpha value is -4.94. The maximum absolute atomic E-state index is 15.5. The summed E-state index contributed by atoms with van der Waals surface area (Å²) in [6.45, 7) is 0.655. The van der Waals surface area contributed by atoms with Crippen molar-refractivity contribution in [3.8, 4) is 29.0 Å². The number of carbonyl (C=O) groups is 1. The van der Waals surface area contributed by atoms with E-state index in [1.807, 2.05) is 18.0 Å². The van der Waals surface area contributed by atoms with Gasteiger partial charge in [-0.05, 0) is 35.9 Å². The molecule has 0 aliphatic carbocycles. The number of aliphatic carboxylic acids is 1. The number of aliphatic imine (C=N–C) groups is 1. The fourth-order valence-electron chi connectivity index (χ4n) is 3.78. The monoisotopic (exact) mass is 526 g/mol. The van der Waals surface area contributed by atoms with Crippen LogP contribution in [0.1, 0.15) is 11.1 Å². The minimum absolute atomic E-state index is 0.172. The third-order valence-corrected chi connectivity index (χ3v) is 5.53. The highest BCUT2D eigenvalue weighted by atomic mass is 19.1. The Labute approximate surface area is 216 Å². The summed E-state index contributed by atoms with van der Waals surface area (Å²) in [7, 11) is 3.08. The molecule has 0 atom stereocenters. The van der Waals surface area contributed by atoms with E-state index in [2.05, 4.69) is 15.1 Å². The molecule has 1 aromatic heterocycles. The number of carboxylic acid groups (broad SMARTS) is 1. The lowest BCUT2D eigenvalue weighted by Crippen LogP contribution is -2.27. The van der Waals surface area contributed by atoms with Crippen LogP contribution in [-0.4, -0.2) is 71.8 Å². The molecule has 1 aliphatic rings. The summed E-state index contributed by atoms with van der Waals surface area (Å²) in [4.78, 5) is 22.4. The maximum Gasteiger partial charge on any atom is 0.323 e. The molecule has 0 saturated carbocycles. The maximum atomic E-state index is 15.5. The molecule has 1 aliphatic heterocycles. The minimum atomic E-state index is -1.33. The van der Waals surface area contributed by atoms with Gasteiger partial charge in [-0.15, -0.1) is 0 Å². The minimum Gasteiger partial charge on any atom is -0.504 e. The zero-order valence-electron chi connectivity index (χ0n) is 20.4. The summed E-state index contributed by atoms with van der Waals surface area (Å²) < 4.78 is 42.2. The average Bonchev–Trinajstić information content (AvgIpc) is 3.30. The predicted octanol–water partition coefficient (Wildman–Crippen LogP) is 3.16. The van der Waals surface area contributed by atoms with E-state index in [4.69, 9.17) is 15.3 Å². The number of pyridine rings is 1. The number of hydrogen-bond acceptors (Lipinski definition) is 10. The van der Waals surface area contributed by atoms with Crippen molar-refractivity contribution in [2.24, 2.45) is 15.9 Å². The van der Waals surface area contributed by atoms with Crippen LogP contribution in [-0.2, 0) is 4.79 Å². The molecule has 4 rings (SSSR count). The SMILES string of the molecule is CN1CCN=C1c1cccc(Oc2nc(Oc3cc(/C=N/N)ccc3O)c(F)c(N(C)CC(=O)O)c2F)c1. The van der Waals surface area contributed by atoms with E-state index in [1.165, 1.54) is 31.5 Å². The number of likely N-dealkylation sites (N-methyl/N-ethyl adjacent to an activating group) is 2. The van der Waals surface area contributed by atoms with E-state index in [0.29, 0.717) is 17.7 Å². The second-order valence-electron chi connectivity index (χ2n) is 8.31. The van der Waals surface area contributed by atoms with E-state index in [9.17, 15) is 15.0 Å². The summed E-state index contributed by atoms with van der Waals surface area (Å²) >= 11 is 0. The van der Waals surface area contributed by atoms with Gasteiger partial charge in [0.15, 0.2) is 11.5 Å². The third-order valence-electron chi connectivity index (χ3n) is 5.53. The number of phenolic OH excluding ortho intramolecular Hbond substituents is 1. The van der Waals surface area contributed by atoms with Crippen molar-refractivity contribution in [2.45, 2.75) is 0 Å². The van der Waals surface area contributed by atoms with E-state index in [0.717, 1.165) is 17.3 Å². The van der Waals surface area contributed by atoms with Gasteiger partial charge in [0.1, 0.15) is 23.8 Å². The number of amidine groups is 1. The Balaban J connectivity index is 1.77. The summed E-state index contributed by atoms with van der Waals surface area (Å²) in [5, 5.41) is 22.8. The van der Waals surface area contributed by atoms with Crippen LogP contribution < -0.4 is 20.2 Å². The lowest BCUT2D eigenvalue weighted by Gasteiger charge is -2.21. The number of anilines is 1. The van der Waals surface area contributed by atoms with Gasteiger partial charge in [-0.25, -0.2) is 0 Å². The molecule has 38 heavy (non-hydrogen) atoms. The number of ether oxygens (including phenoxy) is 2. The number of aromatic hydroxyl groups is 1. The first-order valence-corrected chi connectivity index (χ1v) is 11.3. The molecule has 0 spiro atoms. The van der Waals surface area contributed by atoms with Gasteiger partial charge in [-0.2, -0.15) is 18.9 Å². The van der Waals surface area contributed by atoms with Gasteiger partial charge in [0, 0.05) is 26.2 Å². The van der Waals surface area contributed by atoms with Crippen molar-refractivity contribution < 1.29 is 33.3 Å². The van der Waals surface area contributed by atoms with Gasteiger partial charge >= 0.3 is 5.97 Å². The first kappa shape index (κ1) is 26.1. The molecule has 0 saturated heterocycles. The third kappa shape index (κ3) is 5.56. The smallest absolute Gasteiger partial charge is 0.323 e. The van der Waals surface area contributed by atoms with Crippen molar-refractivity contribution in [3.63, 3.8) is 0 Å². The lowest BCUT2D eigenvalue weighted by atomic mass is 10.2. The molecular formula is C25H24F2N6O5. The molecule has 198 valence electrons. The zero-order valence-corrected chi connectivity index (χ0v) is 20.4. The summed E-state index contributed by atoms with van der Waals surface area (Å²) in [6, 6.07) is 10.7. The van der Waals surface area contributed by atoms with Crippen LogP contribution in [0.25, 0.3) is 0 Å². The van der Waals surface area contributed by atoms with Crippen LogP contribution in [0.5, 0.6) is 29.0 Å². The number of phenols is 1. The average molecular weight is 527 g/mol. The molecule has 3 aromatic rings. The standard InChI is InChI=1S/C25H24F2N6O5/c1-32-9-8-29-23(32)15-4-3-5-16(11-15)37-24-20(26)22(33(2)13-19(35)36)21(27)25(31-24)38-18-10-14(12-30-28)6-7-17(18)34/h3-7,10-12,34H,8-9,13,28H2,1-2H3,(H,35,36)/b30-12+. The fraction of sp³-hybridized carbons (Fsp3) is 0.200. The number of hydrogen-bond donors (Lipinski definition) is 3. The molecule has 0 radical (unpaired) electrons. The quantitative estimate of drug-likeness (QED) is 0.217. The van der Waals surface area contributed by atoms with E-state index >= 15 is 8.78 Å². The highest BCUT2D eigenvalue weighted by Crippen LogP contribution is 2.39. The number of rotatable bonds is 9. The van der Waals surface area contributed by atoms with Crippen LogP contribution in [0.15, 0.2) is 52.6 Å². The van der Waals surface area contributed by atoms with Gasteiger partial charge in [0.05, 0.1) is 12.8 Å². The van der Waals surface area contributed by atoms with E-state index in [1.54, 1.807) is 18.2 Å². The highest BCUT2D eigenvalue weighted by molar-refractivity contribution is 5.99. The molecule has 0 bridgehead atoms. The van der Waals surface area contributed by atoms with Crippen molar-refractivity contribution in [1.29, 1.82) is 0 Å². The van der Waals surface area contributed by atoms with E-state index < -0.39 is 41.6 Å². The fourth-order valence-corrected chi connectivity index (χ4v) is 3.78. The topological polar surface area (TPSA) is 146 Å². The Morgan fingerprint density at radius 1 is 1.21 bits per heavy atom. The van der Waals surface area contributed by atoms with E-state index in [-0.39, 0.29) is 17.2 Å². The molecule has 2 heterocycles. The number of hydrazone groups is 1. The number of nitrogens with two attached hydrogens (primary N) is 1. The Morgan fingerprint density at radius 2 is 1.95 bits per heavy atom. The Morgan fingerprint density at radius 3 is 2.61 bits per heavy atom. The van der Waals surface area contributed by atoms with Crippen LogP contribution in [0.2, 0.25) is 0 Å². The summed E-state index contributed by atoms with van der Waals surface area (Å²) in [5.41, 5.74) is 0.384. The Bertz CT molecular complexity index is 1430. The number of carboxylic acids is 1. The van der Waals surface area contributed by atoms with Crippen molar-refractivity contribution in [3.05, 3.63) is 65.2 Å². The van der Waals surface area contributed by atoms with Gasteiger partial charge < -0.3 is 35.3 Å². The molecule has 2 aromatic carbocycles. The van der Waals surface area contributed by atoms with Gasteiger partial charge in [0.2, 0.25) is 11.6 Å². The molecule has 0 amide bonds. The van der Waals surface area contributed by atoms with Crippen molar-refractivity contribution in [2.75, 3.05) is 38.6 Å². The number of benzene rings is 2. The number of nitrogens with zero attached hydrogens (tertiary/aromatic N) is 5. The molecule has 0 fully saturated rings. The molecular weight excluding hydrogens is 502 g/mol.